The zero-order chi connectivity index (χ0) is 10.0. The summed E-state index contributed by atoms with van der Waals surface area (Å²) in [5.41, 5.74) is 1.19. The Kier molecular flexibility index (Phi) is 3.33. The van der Waals surface area contributed by atoms with Gasteiger partial charge in [0, 0.05) is 6.04 Å². The van der Waals surface area contributed by atoms with Crippen molar-refractivity contribution in [3.63, 3.8) is 0 Å². The molecule has 1 atom stereocenters. The number of hydrogen-bond donors (Lipinski definition) is 1. The van der Waals surface area contributed by atoms with Crippen molar-refractivity contribution in [2.75, 3.05) is 14.1 Å². The Morgan fingerprint density at radius 2 is 2.00 bits per heavy atom. The van der Waals surface area contributed by atoms with Crippen molar-refractivity contribution in [2.45, 2.75) is 13.0 Å². The van der Waals surface area contributed by atoms with E-state index in [1.807, 2.05) is 26.2 Å². The molecule has 1 rings (SSSR count). The van der Waals surface area contributed by atoms with Crippen LogP contribution in [0.4, 0.5) is 0 Å². The molecule has 0 saturated carbocycles. The van der Waals surface area contributed by atoms with E-state index in [9.17, 15) is 5.11 Å². The number of phenols is 1. The molecule has 1 aromatic carbocycles. The standard InChI is InChI=1S/C10H14BrNO/c1-7(12(2)3)8-4-5-10(13)9(11)6-8/h4-7,13H,1-3H3. The van der Waals surface area contributed by atoms with Crippen LogP contribution in [0.25, 0.3) is 0 Å². The van der Waals surface area contributed by atoms with E-state index in [4.69, 9.17) is 0 Å². The average molecular weight is 244 g/mol. The van der Waals surface area contributed by atoms with E-state index in [1.54, 1.807) is 6.07 Å². The lowest BCUT2D eigenvalue weighted by atomic mass is 10.1. The van der Waals surface area contributed by atoms with Crippen LogP contribution in [0.15, 0.2) is 22.7 Å². The fourth-order valence-corrected chi connectivity index (χ4v) is 1.48. The van der Waals surface area contributed by atoms with Crippen molar-refractivity contribution in [1.82, 2.24) is 4.90 Å². The summed E-state index contributed by atoms with van der Waals surface area (Å²) in [5, 5.41) is 9.30. The molecular formula is C10H14BrNO. The summed E-state index contributed by atoms with van der Waals surface area (Å²) in [6, 6.07) is 5.95. The first-order valence-corrected chi connectivity index (χ1v) is 4.96. The molecule has 0 fully saturated rings. The van der Waals surface area contributed by atoms with Crippen molar-refractivity contribution in [3.8, 4) is 5.75 Å². The van der Waals surface area contributed by atoms with E-state index in [0.717, 1.165) is 4.47 Å². The van der Waals surface area contributed by atoms with Crippen molar-refractivity contribution < 1.29 is 5.11 Å². The van der Waals surface area contributed by atoms with Gasteiger partial charge in [0.2, 0.25) is 0 Å². The Morgan fingerprint density at radius 1 is 1.38 bits per heavy atom. The fourth-order valence-electron chi connectivity index (χ4n) is 1.08. The lowest BCUT2D eigenvalue weighted by Gasteiger charge is -2.20. The van der Waals surface area contributed by atoms with E-state index in [0.29, 0.717) is 6.04 Å². The van der Waals surface area contributed by atoms with Gasteiger partial charge in [-0.3, -0.25) is 0 Å². The topological polar surface area (TPSA) is 23.5 Å². The number of phenolic OH excluding ortho intramolecular Hbond substituents is 1. The van der Waals surface area contributed by atoms with Crippen molar-refractivity contribution in [2.24, 2.45) is 0 Å². The van der Waals surface area contributed by atoms with Crippen LogP contribution in [0.1, 0.15) is 18.5 Å². The monoisotopic (exact) mass is 243 g/mol. The number of nitrogens with zero attached hydrogens (tertiary/aromatic N) is 1. The zero-order valence-corrected chi connectivity index (χ0v) is 9.67. The van der Waals surface area contributed by atoms with Crippen LogP contribution < -0.4 is 0 Å². The quantitative estimate of drug-likeness (QED) is 0.864. The van der Waals surface area contributed by atoms with E-state index < -0.39 is 0 Å². The molecule has 0 spiro atoms. The molecule has 0 aliphatic heterocycles. The molecule has 1 aromatic rings. The van der Waals surface area contributed by atoms with Gasteiger partial charge in [0.15, 0.2) is 0 Å². The third-order valence-corrected chi connectivity index (χ3v) is 2.86. The Balaban J connectivity index is 2.97. The molecule has 0 heterocycles. The van der Waals surface area contributed by atoms with Crippen LogP contribution in [0, 0.1) is 0 Å². The predicted molar refractivity (Wildman–Crippen MR) is 57.9 cm³/mol. The largest absolute Gasteiger partial charge is 0.507 e. The number of rotatable bonds is 2. The summed E-state index contributed by atoms with van der Waals surface area (Å²) in [6.45, 7) is 2.12. The van der Waals surface area contributed by atoms with Gasteiger partial charge >= 0.3 is 0 Å². The molecule has 0 radical (unpaired) electrons. The van der Waals surface area contributed by atoms with Gasteiger partial charge in [-0.2, -0.15) is 0 Å². The minimum Gasteiger partial charge on any atom is -0.507 e. The first kappa shape index (κ1) is 10.5. The van der Waals surface area contributed by atoms with Crippen LogP contribution in [-0.2, 0) is 0 Å². The molecule has 1 N–H and O–H groups in total. The van der Waals surface area contributed by atoms with Gasteiger partial charge in [-0.1, -0.05) is 6.07 Å². The van der Waals surface area contributed by atoms with Gasteiger partial charge in [-0.25, -0.2) is 0 Å². The SMILES string of the molecule is CC(c1ccc(O)c(Br)c1)N(C)C. The smallest absolute Gasteiger partial charge is 0.129 e. The fraction of sp³-hybridized carbons (Fsp3) is 0.400. The second kappa shape index (κ2) is 4.11. The molecule has 3 heteroatoms. The van der Waals surface area contributed by atoms with Gasteiger partial charge in [0.1, 0.15) is 5.75 Å². The Hall–Kier alpha value is -0.540. The van der Waals surface area contributed by atoms with Crippen molar-refractivity contribution in [3.05, 3.63) is 28.2 Å². The van der Waals surface area contributed by atoms with Gasteiger partial charge in [-0.05, 0) is 54.6 Å². The zero-order valence-electron chi connectivity index (χ0n) is 8.08. The first-order chi connectivity index (χ1) is 6.02. The number of hydrogen-bond acceptors (Lipinski definition) is 2. The summed E-state index contributed by atoms with van der Waals surface area (Å²) >= 11 is 3.29. The van der Waals surface area contributed by atoms with Gasteiger partial charge < -0.3 is 10.0 Å². The maximum Gasteiger partial charge on any atom is 0.129 e. The maximum atomic E-state index is 9.30. The van der Waals surface area contributed by atoms with E-state index >= 15 is 0 Å². The van der Waals surface area contributed by atoms with Crippen molar-refractivity contribution >= 4 is 15.9 Å². The summed E-state index contributed by atoms with van der Waals surface area (Å²) in [4.78, 5) is 2.12. The molecule has 0 aliphatic carbocycles. The normalized spacial score (nSPS) is 13.3. The molecular weight excluding hydrogens is 230 g/mol. The molecule has 0 bridgehead atoms. The highest BCUT2D eigenvalue weighted by atomic mass is 79.9. The Bertz CT molecular complexity index is 299. The van der Waals surface area contributed by atoms with Crippen LogP contribution in [0.3, 0.4) is 0 Å². The Morgan fingerprint density at radius 3 is 2.46 bits per heavy atom. The molecule has 1 unspecified atom stereocenters. The third-order valence-electron chi connectivity index (χ3n) is 2.23. The molecule has 2 nitrogen and oxygen atoms in total. The summed E-state index contributed by atoms with van der Waals surface area (Å²) in [6.07, 6.45) is 0. The second-order valence-corrected chi connectivity index (χ2v) is 4.20. The molecule has 0 saturated heterocycles. The van der Waals surface area contributed by atoms with Gasteiger partial charge in [-0.15, -0.1) is 0 Å². The summed E-state index contributed by atoms with van der Waals surface area (Å²) in [7, 11) is 4.07. The Labute approximate surface area is 87.3 Å². The van der Waals surface area contributed by atoms with Gasteiger partial charge in [0.05, 0.1) is 4.47 Å². The van der Waals surface area contributed by atoms with Crippen LogP contribution in [0.2, 0.25) is 0 Å². The minimum absolute atomic E-state index is 0.287. The minimum atomic E-state index is 0.287. The summed E-state index contributed by atoms with van der Waals surface area (Å²) in [5.74, 6) is 0.287. The number of halogens is 1. The second-order valence-electron chi connectivity index (χ2n) is 3.35. The molecule has 13 heavy (non-hydrogen) atoms. The lowest BCUT2D eigenvalue weighted by molar-refractivity contribution is 0.320. The van der Waals surface area contributed by atoms with Crippen molar-refractivity contribution in [1.29, 1.82) is 0 Å². The van der Waals surface area contributed by atoms with Crippen LogP contribution >= 0.6 is 15.9 Å². The molecule has 0 aliphatic rings. The summed E-state index contributed by atoms with van der Waals surface area (Å²) < 4.78 is 0.749. The third kappa shape index (κ3) is 2.45. The highest BCUT2D eigenvalue weighted by Crippen LogP contribution is 2.28. The lowest BCUT2D eigenvalue weighted by Crippen LogP contribution is -2.16. The first-order valence-electron chi connectivity index (χ1n) is 4.17. The van der Waals surface area contributed by atoms with Gasteiger partial charge in [0.25, 0.3) is 0 Å². The molecule has 0 amide bonds. The highest BCUT2D eigenvalue weighted by molar-refractivity contribution is 9.10. The van der Waals surface area contributed by atoms with E-state index in [1.165, 1.54) is 5.56 Å². The molecule has 0 aromatic heterocycles. The van der Waals surface area contributed by atoms with Crippen LogP contribution in [-0.4, -0.2) is 24.1 Å². The number of benzene rings is 1. The highest BCUT2D eigenvalue weighted by Gasteiger charge is 2.08. The van der Waals surface area contributed by atoms with E-state index in [2.05, 4.69) is 27.8 Å². The number of aromatic hydroxyl groups is 1. The molecule has 72 valence electrons. The maximum absolute atomic E-state index is 9.30. The average Bonchev–Trinajstić information content (AvgIpc) is 2.08. The predicted octanol–water partition coefficient (Wildman–Crippen LogP) is 2.78. The van der Waals surface area contributed by atoms with E-state index in [-0.39, 0.29) is 5.75 Å². The van der Waals surface area contributed by atoms with Crippen LogP contribution in [0.5, 0.6) is 5.75 Å².